The van der Waals surface area contributed by atoms with E-state index in [0.29, 0.717) is 6.54 Å². The van der Waals surface area contributed by atoms with Crippen LogP contribution < -0.4 is 4.74 Å². The third kappa shape index (κ3) is 3.44. The fourth-order valence-corrected chi connectivity index (χ4v) is 2.55. The van der Waals surface area contributed by atoms with E-state index < -0.39 is 0 Å². The summed E-state index contributed by atoms with van der Waals surface area (Å²) in [5.41, 5.74) is 0.946. The molecule has 108 valence electrons. The Kier molecular flexibility index (Phi) is 5.01. The predicted octanol–water partition coefficient (Wildman–Crippen LogP) is 3.14. The van der Waals surface area contributed by atoms with Crippen LogP contribution in [0.15, 0.2) is 42.1 Å². The van der Waals surface area contributed by atoms with Crippen LogP contribution in [0.4, 0.5) is 0 Å². The van der Waals surface area contributed by atoms with Gasteiger partial charge in [0.25, 0.3) is 0 Å². The van der Waals surface area contributed by atoms with Gasteiger partial charge in [-0.05, 0) is 31.2 Å². The zero-order valence-electron chi connectivity index (χ0n) is 12.0. The summed E-state index contributed by atoms with van der Waals surface area (Å²) < 4.78 is 7.11. The van der Waals surface area contributed by atoms with Gasteiger partial charge in [-0.2, -0.15) is 5.26 Å². The van der Waals surface area contributed by atoms with E-state index in [-0.39, 0.29) is 5.25 Å². The summed E-state index contributed by atoms with van der Waals surface area (Å²) in [4.78, 5) is 0. The minimum Gasteiger partial charge on any atom is -0.497 e. The molecule has 0 saturated heterocycles. The van der Waals surface area contributed by atoms with Gasteiger partial charge in [-0.1, -0.05) is 17.8 Å². The molecule has 0 amide bonds. The lowest BCUT2D eigenvalue weighted by molar-refractivity contribution is 0.415. The van der Waals surface area contributed by atoms with Gasteiger partial charge in [0.05, 0.1) is 18.4 Å². The average Bonchev–Trinajstić information content (AvgIpc) is 2.90. The van der Waals surface area contributed by atoms with Gasteiger partial charge in [0.2, 0.25) is 0 Å². The predicted molar refractivity (Wildman–Crippen MR) is 83.1 cm³/mol. The summed E-state index contributed by atoms with van der Waals surface area (Å²) in [7, 11) is 1.63. The summed E-state index contributed by atoms with van der Waals surface area (Å²) in [6.07, 6.45) is 1.79. The maximum Gasteiger partial charge on any atom is 0.193 e. The third-order valence-electron chi connectivity index (χ3n) is 2.84. The fourth-order valence-electron chi connectivity index (χ4n) is 1.81. The van der Waals surface area contributed by atoms with Crippen molar-refractivity contribution in [2.75, 3.05) is 7.11 Å². The number of rotatable bonds is 6. The van der Waals surface area contributed by atoms with E-state index in [2.05, 4.69) is 22.8 Å². The van der Waals surface area contributed by atoms with Crippen LogP contribution >= 0.6 is 11.8 Å². The van der Waals surface area contributed by atoms with Crippen molar-refractivity contribution in [3.05, 3.63) is 36.9 Å². The molecule has 0 aliphatic heterocycles. The number of thioether (sulfide) groups is 1. The molecular formula is C15H16N4OS. The van der Waals surface area contributed by atoms with Crippen LogP contribution in [-0.4, -0.2) is 27.1 Å². The quantitative estimate of drug-likeness (QED) is 0.605. The van der Waals surface area contributed by atoms with Gasteiger partial charge >= 0.3 is 0 Å². The zero-order valence-corrected chi connectivity index (χ0v) is 12.8. The number of hydrogen-bond donors (Lipinski definition) is 0. The van der Waals surface area contributed by atoms with Crippen molar-refractivity contribution in [1.82, 2.24) is 14.8 Å². The number of hydrogen-bond acceptors (Lipinski definition) is 5. The molecule has 5 nitrogen and oxygen atoms in total. The van der Waals surface area contributed by atoms with Crippen LogP contribution in [0.2, 0.25) is 0 Å². The number of nitriles is 1. The van der Waals surface area contributed by atoms with E-state index in [4.69, 9.17) is 10.00 Å². The van der Waals surface area contributed by atoms with Gasteiger partial charge in [0.15, 0.2) is 11.0 Å². The fraction of sp³-hybridized carbons (Fsp3) is 0.267. The van der Waals surface area contributed by atoms with Crippen molar-refractivity contribution in [2.45, 2.75) is 23.9 Å². The molecule has 1 aromatic carbocycles. The van der Waals surface area contributed by atoms with Gasteiger partial charge in [-0.15, -0.1) is 16.8 Å². The Bertz CT molecular complexity index is 657. The van der Waals surface area contributed by atoms with Crippen molar-refractivity contribution in [3.63, 3.8) is 0 Å². The molecule has 0 N–H and O–H groups in total. The third-order valence-corrected chi connectivity index (χ3v) is 3.81. The maximum atomic E-state index is 8.94. The van der Waals surface area contributed by atoms with Crippen LogP contribution in [0.3, 0.4) is 0 Å². The lowest BCUT2D eigenvalue weighted by atomic mass is 10.2. The maximum absolute atomic E-state index is 8.94. The van der Waals surface area contributed by atoms with Crippen molar-refractivity contribution in [3.8, 4) is 23.2 Å². The van der Waals surface area contributed by atoms with E-state index in [1.807, 2.05) is 35.8 Å². The summed E-state index contributed by atoms with van der Waals surface area (Å²) in [5.74, 6) is 1.55. The zero-order chi connectivity index (χ0) is 15.2. The molecule has 0 spiro atoms. The van der Waals surface area contributed by atoms with Crippen LogP contribution in [0.5, 0.6) is 5.75 Å². The number of aromatic nitrogens is 3. The average molecular weight is 300 g/mol. The van der Waals surface area contributed by atoms with Gasteiger partial charge in [-0.3, -0.25) is 4.57 Å². The van der Waals surface area contributed by atoms with Crippen molar-refractivity contribution >= 4 is 11.8 Å². The lowest BCUT2D eigenvalue weighted by Gasteiger charge is -2.08. The van der Waals surface area contributed by atoms with E-state index in [1.54, 1.807) is 13.2 Å². The van der Waals surface area contributed by atoms with E-state index in [9.17, 15) is 0 Å². The number of benzene rings is 1. The van der Waals surface area contributed by atoms with Gasteiger partial charge in [0.1, 0.15) is 5.75 Å². The Morgan fingerprint density at radius 1 is 1.43 bits per heavy atom. The van der Waals surface area contributed by atoms with Crippen LogP contribution in [0, 0.1) is 11.3 Å². The van der Waals surface area contributed by atoms with Gasteiger partial charge in [-0.25, -0.2) is 0 Å². The minimum absolute atomic E-state index is 0.179. The van der Waals surface area contributed by atoms with Crippen LogP contribution in [0.1, 0.15) is 6.92 Å². The topological polar surface area (TPSA) is 63.7 Å². The van der Waals surface area contributed by atoms with E-state index in [1.165, 1.54) is 11.8 Å². The van der Waals surface area contributed by atoms with Crippen LogP contribution in [0.25, 0.3) is 11.4 Å². The smallest absolute Gasteiger partial charge is 0.193 e. The lowest BCUT2D eigenvalue weighted by Crippen LogP contribution is -2.02. The summed E-state index contributed by atoms with van der Waals surface area (Å²) in [6, 6.07) is 9.82. The summed E-state index contributed by atoms with van der Waals surface area (Å²) in [6.45, 7) is 6.20. The molecular weight excluding hydrogens is 284 g/mol. The SMILES string of the molecule is C=CCn1c(S[C@@H](C)C#N)nnc1-c1ccc(OC)cc1. The highest BCUT2D eigenvalue weighted by Crippen LogP contribution is 2.27. The molecule has 0 bridgehead atoms. The second-order valence-corrected chi connectivity index (χ2v) is 5.63. The molecule has 0 fully saturated rings. The van der Waals surface area contributed by atoms with Crippen molar-refractivity contribution in [1.29, 1.82) is 5.26 Å². The highest BCUT2D eigenvalue weighted by atomic mass is 32.2. The molecule has 1 atom stereocenters. The van der Waals surface area contributed by atoms with Crippen molar-refractivity contribution in [2.24, 2.45) is 0 Å². The van der Waals surface area contributed by atoms with Crippen LogP contribution in [-0.2, 0) is 6.54 Å². The van der Waals surface area contributed by atoms with E-state index >= 15 is 0 Å². The first-order chi connectivity index (χ1) is 10.2. The molecule has 6 heteroatoms. The molecule has 21 heavy (non-hydrogen) atoms. The first-order valence-corrected chi connectivity index (χ1v) is 7.32. The second kappa shape index (κ2) is 6.95. The summed E-state index contributed by atoms with van der Waals surface area (Å²) >= 11 is 1.39. The summed E-state index contributed by atoms with van der Waals surface area (Å²) in [5, 5.41) is 17.9. The number of ether oxygens (including phenoxy) is 1. The monoisotopic (exact) mass is 300 g/mol. The standard InChI is InChI=1S/C15H16N4OS/c1-4-9-19-14(12-5-7-13(20-3)8-6-12)17-18-15(19)21-11(2)10-16/h4-8,11H,1,9H2,2-3H3/t11-/m0/s1. The first kappa shape index (κ1) is 15.1. The van der Waals surface area contributed by atoms with Crippen molar-refractivity contribution < 1.29 is 4.74 Å². The molecule has 1 aromatic heterocycles. The normalized spacial score (nSPS) is 11.7. The highest BCUT2D eigenvalue weighted by molar-refractivity contribution is 8.00. The molecule has 0 aliphatic carbocycles. The molecule has 1 heterocycles. The molecule has 2 rings (SSSR count). The highest BCUT2D eigenvalue weighted by Gasteiger charge is 2.15. The largest absolute Gasteiger partial charge is 0.497 e. The molecule has 0 radical (unpaired) electrons. The number of methoxy groups -OCH3 is 1. The number of nitrogens with zero attached hydrogens (tertiary/aromatic N) is 4. The van der Waals surface area contributed by atoms with E-state index in [0.717, 1.165) is 22.3 Å². The second-order valence-electron chi connectivity index (χ2n) is 4.32. The van der Waals surface area contributed by atoms with Gasteiger partial charge in [0, 0.05) is 12.1 Å². The molecule has 2 aromatic rings. The Labute approximate surface area is 128 Å². The Balaban J connectivity index is 2.38. The Morgan fingerprint density at radius 2 is 2.14 bits per heavy atom. The molecule has 0 saturated carbocycles. The molecule has 0 unspecified atom stereocenters. The minimum atomic E-state index is -0.179. The first-order valence-electron chi connectivity index (χ1n) is 6.44. The van der Waals surface area contributed by atoms with Gasteiger partial charge < -0.3 is 4.74 Å². The molecule has 0 aliphatic rings. The Morgan fingerprint density at radius 3 is 2.71 bits per heavy atom. The Hall–Kier alpha value is -2.26. The number of allylic oxidation sites excluding steroid dienone is 1.